The van der Waals surface area contributed by atoms with E-state index in [9.17, 15) is 4.79 Å². The van der Waals surface area contributed by atoms with Crippen molar-refractivity contribution in [3.63, 3.8) is 0 Å². The van der Waals surface area contributed by atoms with Gasteiger partial charge in [-0.2, -0.15) is 0 Å². The molecule has 0 saturated carbocycles. The topological polar surface area (TPSA) is 91.2 Å². The van der Waals surface area contributed by atoms with Crippen molar-refractivity contribution >= 4 is 35.0 Å². The van der Waals surface area contributed by atoms with E-state index in [0.717, 1.165) is 19.4 Å². The van der Waals surface area contributed by atoms with Gasteiger partial charge >= 0.3 is 0 Å². The normalized spacial score (nSPS) is 16.6. The Labute approximate surface area is 160 Å². The second-order valence-electron chi connectivity index (χ2n) is 5.77. The van der Waals surface area contributed by atoms with E-state index in [1.165, 1.54) is 11.8 Å². The second-order valence-corrected chi connectivity index (χ2v) is 7.27. The van der Waals surface area contributed by atoms with Gasteiger partial charge in [-0.3, -0.25) is 4.79 Å². The van der Waals surface area contributed by atoms with Crippen molar-refractivity contribution in [2.24, 2.45) is 0 Å². The van der Waals surface area contributed by atoms with Gasteiger partial charge in [0, 0.05) is 23.8 Å². The summed E-state index contributed by atoms with van der Waals surface area (Å²) in [6, 6.07) is 5.08. The lowest BCUT2D eigenvalue weighted by Gasteiger charge is -2.11. The number of methoxy groups -OCH3 is 1. The number of aromatic nitrogens is 4. The number of nitrogens with one attached hydrogen (secondary N) is 1. The first-order chi connectivity index (χ1) is 12.7. The highest BCUT2D eigenvalue weighted by Crippen LogP contribution is 2.28. The maximum atomic E-state index is 12.2. The van der Waals surface area contributed by atoms with Crippen molar-refractivity contribution < 1.29 is 14.3 Å². The summed E-state index contributed by atoms with van der Waals surface area (Å²) in [7, 11) is 1.54. The summed E-state index contributed by atoms with van der Waals surface area (Å²) in [5, 5.41) is 15.8. The van der Waals surface area contributed by atoms with Crippen molar-refractivity contribution in [1.82, 2.24) is 20.2 Å². The highest BCUT2D eigenvalue weighted by atomic mass is 35.5. The summed E-state index contributed by atoms with van der Waals surface area (Å²) in [5.74, 6) is 0.993. The molecule has 1 saturated heterocycles. The fourth-order valence-corrected chi connectivity index (χ4v) is 3.62. The van der Waals surface area contributed by atoms with E-state index >= 15 is 0 Å². The number of ether oxygens (including phenoxy) is 2. The van der Waals surface area contributed by atoms with Crippen LogP contribution in [-0.2, 0) is 16.1 Å². The fourth-order valence-electron chi connectivity index (χ4n) is 2.62. The van der Waals surface area contributed by atoms with Gasteiger partial charge in [0.2, 0.25) is 11.1 Å². The number of benzene rings is 1. The van der Waals surface area contributed by atoms with Crippen LogP contribution in [0.1, 0.15) is 19.3 Å². The Bertz CT molecular complexity index is 751. The van der Waals surface area contributed by atoms with Crippen LogP contribution in [0, 0.1) is 0 Å². The van der Waals surface area contributed by atoms with Crippen LogP contribution in [-0.4, -0.2) is 51.7 Å². The van der Waals surface area contributed by atoms with Gasteiger partial charge in [-0.25, -0.2) is 4.68 Å². The van der Waals surface area contributed by atoms with Gasteiger partial charge in [-0.05, 0) is 41.5 Å². The summed E-state index contributed by atoms with van der Waals surface area (Å²) in [6.07, 6.45) is 2.57. The fraction of sp³-hybridized carbons (Fsp3) is 0.500. The van der Waals surface area contributed by atoms with E-state index in [2.05, 4.69) is 20.8 Å². The Hall–Kier alpha value is -1.84. The largest absolute Gasteiger partial charge is 0.495 e. The molecule has 1 unspecified atom stereocenters. The molecule has 3 rings (SSSR count). The first kappa shape index (κ1) is 18.9. The lowest BCUT2D eigenvalue weighted by Crippen LogP contribution is -2.17. The number of thioether (sulfide) groups is 1. The zero-order chi connectivity index (χ0) is 18.4. The van der Waals surface area contributed by atoms with E-state index in [-0.39, 0.29) is 12.0 Å². The molecule has 1 fully saturated rings. The Morgan fingerprint density at radius 3 is 3.19 bits per heavy atom. The molecule has 0 aliphatic carbocycles. The maximum Gasteiger partial charge on any atom is 0.225 e. The zero-order valence-electron chi connectivity index (χ0n) is 14.4. The van der Waals surface area contributed by atoms with Gasteiger partial charge in [0.15, 0.2) is 0 Å². The maximum absolute atomic E-state index is 12.2. The van der Waals surface area contributed by atoms with Gasteiger partial charge in [0.05, 0.1) is 25.4 Å². The predicted molar refractivity (Wildman–Crippen MR) is 98.8 cm³/mol. The minimum atomic E-state index is -0.129. The number of carbonyl (C=O) groups excluding carboxylic acids is 1. The number of rotatable bonds is 8. The third-order valence-electron chi connectivity index (χ3n) is 3.90. The van der Waals surface area contributed by atoms with Gasteiger partial charge in [0.25, 0.3) is 0 Å². The molecule has 0 radical (unpaired) electrons. The van der Waals surface area contributed by atoms with Crippen LogP contribution in [0.5, 0.6) is 5.75 Å². The Morgan fingerprint density at radius 1 is 1.54 bits per heavy atom. The second kappa shape index (κ2) is 9.20. The molecule has 2 aromatic rings. The summed E-state index contributed by atoms with van der Waals surface area (Å²) >= 11 is 7.41. The third kappa shape index (κ3) is 5.09. The first-order valence-corrected chi connectivity index (χ1v) is 9.66. The molecule has 0 spiro atoms. The molecule has 1 aromatic carbocycles. The highest BCUT2D eigenvalue weighted by molar-refractivity contribution is 7.99. The van der Waals surface area contributed by atoms with Crippen LogP contribution >= 0.6 is 23.4 Å². The standard InChI is InChI=1S/C16H20ClN5O3S/c1-24-14-5-4-11(17)9-13(14)18-15(23)6-8-26-16-19-20-21-22(16)10-12-3-2-7-25-12/h4-5,9,12H,2-3,6-8,10H2,1H3,(H,18,23). The Morgan fingerprint density at radius 2 is 2.42 bits per heavy atom. The number of tetrazole rings is 1. The Balaban J connectivity index is 1.48. The molecule has 1 atom stereocenters. The minimum Gasteiger partial charge on any atom is -0.495 e. The molecule has 140 valence electrons. The summed E-state index contributed by atoms with van der Waals surface area (Å²) < 4.78 is 12.6. The molecule has 10 heteroatoms. The molecule has 1 aromatic heterocycles. The van der Waals surface area contributed by atoms with Gasteiger partial charge < -0.3 is 14.8 Å². The lowest BCUT2D eigenvalue weighted by atomic mass is 10.2. The SMILES string of the molecule is COc1ccc(Cl)cc1NC(=O)CCSc1nnnn1CC1CCCO1. The quantitative estimate of drug-likeness (QED) is 0.684. The molecule has 1 aliphatic heterocycles. The van der Waals surface area contributed by atoms with Crippen molar-refractivity contribution in [1.29, 1.82) is 0 Å². The van der Waals surface area contributed by atoms with Crippen molar-refractivity contribution in [2.75, 3.05) is 24.8 Å². The monoisotopic (exact) mass is 397 g/mol. The van der Waals surface area contributed by atoms with Crippen LogP contribution < -0.4 is 10.1 Å². The highest BCUT2D eigenvalue weighted by Gasteiger charge is 2.19. The van der Waals surface area contributed by atoms with E-state index in [1.54, 1.807) is 30.0 Å². The van der Waals surface area contributed by atoms with Crippen LogP contribution in [0.15, 0.2) is 23.4 Å². The molecular weight excluding hydrogens is 378 g/mol. The third-order valence-corrected chi connectivity index (χ3v) is 5.09. The number of anilines is 1. The van der Waals surface area contributed by atoms with Crippen LogP contribution in [0.4, 0.5) is 5.69 Å². The molecule has 0 bridgehead atoms. The van der Waals surface area contributed by atoms with Gasteiger partial charge in [-0.15, -0.1) is 5.10 Å². The summed E-state index contributed by atoms with van der Waals surface area (Å²) in [6.45, 7) is 1.43. The lowest BCUT2D eigenvalue weighted by molar-refractivity contribution is -0.115. The average Bonchev–Trinajstić information content (AvgIpc) is 3.28. The van der Waals surface area contributed by atoms with Gasteiger partial charge in [0.1, 0.15) is 5.75 Å². The van der Waals surface area contributed by atoms with Crippen molar-refractivity contribution in [2.45, 2.75) is 37.1 Å². The van der Waals surface area contributed by atoms with Crippen LogP contribution in [0.25, 0.3) is 0 Å². The number of carbonyl (C=O) groups is 1. The summed E-state index contributed by atoms with van der Waals surface area (Å²) in [5.41, 5.74) is 0.554. The molecule has 1 amide bonds. The zero-order valence-corrected chi connectivity index (χ0v) is 15.9. The molecule has 1 N–H and O–H groups in total. The number of halogens is 1. The van der Waals surface area contributed by atoms with E-state index < -0.39 is 0 Å². The predicted octanol–water partition coefficient (Wildman–Crippen LogP) is 2.64. The van der Waals surface area contributed by atoms with Crippen LogP contribution in [0.3, 0.4) is 0 Å². The number of nitrogens with zero attached hydrogens (tertiary/aromatic N) is 4. The number of amides is 1. The average molecular weight is 398 g/mol. The van der Waals surface area contributed by atoms with Crippen molar-refractivity contribution in [3.05, 3.63) is 23.2 Å². The molecular formula is C16H20ClN5O3S. The van der Waals surface area contributed by atoms with Crippen molar-refractivity contribution in [3.8, 4) is 5.75 Å². The number of hydrogen-bond donors (Lipinski definition) is 1. The first-order valence-electron chi connectivity index (χ1n) is 8.29. The summed E-state index contributed by atoms with van der Waals surface area (Å²) in [4.78, 5) is 12.2. The molecule has 2 heterocycles. The van der Waals surface area contributed by atoms with Crippen LogP contribution in [0.2, 0.25) is 5.02 Å². The van der Waals surface area contributed by atoms with E-state index in [1.807, 2.05) is 0 Å². The van der Waals surface area contributed by atoms with E-state index in [0.29, 0.717) is 40.3 Å². The molecule has 1 aliphatic rings. The van der Waals surface area contributed by atoms with Gasteiger partial charge in [-0.1, -0.05) is 23.4 Å². The smallest absolute Gasteiger partial charge is 0.225 e. The van der Waals surface area contributed by atoms with E-state index in [4.69, 9.17) is 21.1 Å². The minimum absolute atomic E-state index is 0.129. The number of hydrogen-bond acceptors (Lipinski definition) is 7. The molecule has 8 nitrogen and oxygen atoms in total. The Kier molecular flexibility index (Phi) is 6.70. The molecule has 26 heavy (non-hydrogen) atoms.